The molecule has 0 aliphatic heterocycles. The topological polar surface area (TPSA) is 55.1 Å². The van der Waals surface area contributed by atoms with Gasteiger partial charge >= 0.3 is 0 Å². The number of primary amides is 1. The van der Waals surface area contributed by atoms with Crippen LogP contribution < -0.4 is 11.1 Å². The Morgan fingerprint density at radius 2 is 1.94 bits per heavy atom. The van der Waals surface area contributed by atoms with E-state index in [1.165, 1.54) is 0 Å². The van der Waals surface area contributed by atoms with Crippen LogP contribution in [0, 0.1) is 0 Å². The molecule has 0 heterocycles. The molecule has 0 saturated heterocycles. The fraction of sp³-hybridized carbons (Fsp3) is 0.364. The van der Waals surface area contributed by atoms with Crippen LogP contribution in [0.3, 0.4) is 0 Å². The number of nitrogens with two attached hydrogens (primary N) is 1. The van der Waals surface area contributed by atoms with Gasteiger partial charge in [0.2, 0.25) is 5.91 Å². The largest absolute Gasteiger partial charge is 0.370 e. The molecule has 0 spiro atoms. The Hall–Kier alpha value is -0.480. The number of carbonyl (C=O) groups excluding carboxylic acids is 1. The Morgan fingerprint density at radius 1 is 1.35 bits per heavy atom. The van der Waals surface area contributed by atoms with Gasteiger partial charge in [0.1, 0.15) is 0 Å². The second kappa shape index (κ2) is 6.45. The van der Waals surface area contributed by atoms with Crippen molar-refractivity contribution in [3.05, 3.63) is 32.8 Å². The molecule has 1 aromatic carbocycles. The third-order valence-corrected chi connectivity index (χ3v) is 3.47. The summed E-state index contributed by atoms with van der Waals surface area (Å²) in [6.07, 6.45) is 0.260. The molecule has 0 bridgehead atoms. The molecule has 0 fully saturated rings. The number of amides is 1. The predicted octanol–water partition coefficient (Wildman–Crippen LogP) is 3.00. The molecular formula is C11H13Cl3N2O. The van der Waals surface area contributed by atoms with E-state index in [4.69, 9.17) is 40.5 Å². The minimum Gasteiger partial charge on any atom is -0.370 e. The zero-order chi connectivity index (χ0) is 13.0. The number of nitrogens with one attached hydrogen (secondary N) is 1. The lowest BCUT2D eigenvalue weighted by Gasteiger charge is -2.14. The molecule has 6 heteroatoms. The molecule has 3 N–H and O–H groups in total. The van der Waals surface area contributed by atoms with Gasteiger partial charge in [-0.3, -0.25) is 4.79 Å². The summed E-state index contributed by atoms with van der Waals surface area (Å²) in [6, 6.07) is 3.28. The fourth-order valence-corrected chi connectivity index (χ4v) is 2.06. The third kappa shape index (κ3) is 4.36. The van der Waals surface area contributed by atoms with Gasteiger partial charge in [-0.15, -0.1) is 0 Å². The average Bonchev–Trinajstić information content (AvgIpc) is 2.23. The lowest BCUT2D eigenvalue weighted by molar-refractivity contribution is -0.118. The van der Waals surface area contributed by atoms with Gasteiger partial charge < -0.3 is 11.1 Å². The molecule has 0 aliphatic carbocycles. The lowest BCUT2D eigenvalue weighted by atomic mass is 10.2. The van der Waals surface area contributed by atoms with Gasteiger partial charge in [-0.1, -0.05) is 34.8 Å². The van der Waals surface area contributed by atoms with E-state index >= 15 is 0 Å². The highest BCUT2D eigenvalue weighted by Crippen LogP contribution is 2.31. The molecule has 94 valence electrons. The van der Waals surface area contributed by atoms with Crippen LogP contribution in [0.1, 0.15) is 18.9 Å². The van der Waals surface area contributed by atoms with Crippen molar-refractivity contribution in [3.8, 4) is 0 Å². The molecule has 1 aromatic rings. The van der Waals surface area contributed by atoms with Gasteiger partial charge in [0.15, 0.2) is 0 Å². The first-order valence-corrected chi connectivity index (χ1v) is 6.19. The fourth-order valence-electron chi connectivity index (χ4n) is 1.38. The van der Waals surface area contributed by atoms with E-state index in [1.807, 2.05) is 6.92 Å². The van der Waals surface area contributed by atoms with Crippen molar-refractivity contribution in [1.29, 1.82) is 0 Å². The van der Waals surface area contributed by atoms with E-state index in [0.717, 1.165) is 5.56 Å². The van der Waals surface area contributed by atoms with Crippen LogP contribution >= 0.6 is 34.8 Å². The first kappa shape index (κ1) is 14.6. The molecular weight excluding hydrogens is 282 g/mol. The van der Waals surface area contributed by atoms with Crippen LogP contribution in [0.15, 0.2) is 12.1 Å². The summed E-state index contributed by atoms with van der Waals surface area (Å²) < 4.78 is 0. The summed E-state index contributed by atoms with van der Waals surface area (Å²) in [6.45, 7) is 2.30. The van der Waals surface area contributed by atoms with Crippen molar-refractivity contribution in [2.45, 2.75) is 25.9 Å². The normalized spacial score (nSPS) is 12.5. The quantitative estimate of drug-likeness (QED) is 0.821. The van der Waals surface area contributed by atoms with Crippen molar-refractivity contribution in [2.24, 2.45) is 5.73 Å². The van der Waals surface area contributed by atoms with Crippen molar-refractivity contribution in [2.75, 3.05) is 0 Å². The minimum absolute atomic E-state index is 0.0429. The zero-order valence-electron chi connectivity index (χ0n) is 9.27. The van der Waals surface area contributed by atoms with Gasteiger partial charge in [0, 0.05) is 29.6 Å². The molecule has 1 amide bonds. The van der Waals surface area contributed by atoms with E-state index in [1.54, 1.807) is 12.1 Å². The summed E-state index contributed by atoms with van der Waals surface area (Å²) >= 11 is 17.9. The Balaban J connectivity index is 2.69. The predicted molar refractivity (Wildman–Crippen MR) is 71.6 cm³/mol. The summed E-state index contributed by atoms with van der Waals surface area (Å²) in [5.74, 6) is -0.353. The van der Waals surface area contributed by atoms with E-state index in [2.05, 4.69) is 5.32 Å². The minimum atomic E-state index is -0.353. The third-order valence-electron chi connectivity index (χ3n) is 2.27. The van der Waals surface area contributed by atoms with Gasteiger partial charge in [0.05, 0.1) is 10.0 Å². The van der Waals surface area contributed by atoms with Crippen molar-refractivity contribution in [3.63, 3.8) is 0 Å². The SMILES string of the molecule is CC(CC(N)=O)NCc1c(Cl)ccc(Cl)c1Cl. The first-order valence-electron chi connectivity index (χ1n) is 5.06. The van der Waals surface area contributed by atoms with Crippen LogP contribution in [0.5, 0.6) is 0 Å². The van der Waals surface area contributed by atoms with Crippen molar-refractivity contribution < 1.29 is 4.79 Å². The highest BCUT2D eigenvalue weighted by molar-refractivity contribution is 6.44. The maximum atomic E-state index is 10.7. The summed E-state index contributed by atoms with van der Waals surface area (Å²) in [4.78, 5) is 10.7. The highest BCUT2D eigenvalue weighted by Gasteiger charge is 2.11. The van der Waals surface area contributed by atoms with E-state index in [-0.39, 0.29) is 18.4 Å². The molecule has 0 aliphatic rings. The van der Waals surface area contributed by atoms with Crippen LogP contribution in [0.25, 0.3) is 0 Å². The lowest BCUT2D eigenvalue weighted by Crippen LogP contribution is -2.30. The number of rotatable bonds is 5. The number of carbonyl (C=O) groups is 1. The van der Waals surface area contributed by atoms with Crippen LogP contribution in [-0.4, -0.2) is 11.9 Å². The second-order valence-electron chi connectivity index (χ2n) is 3.77. The Bertz CT molecular complexity index is 423. The Kier molecular flexibility index (Phi) is 5.53. The van der Waals surface area contributed by atoms with Crippen molar-refractivity contribution >= 4 is 40.7 Å². The molecule has 1 rings (SSSR count). The summed E-state index contributed by atoms with van der Waals surface area (Å²) in [7, 11) is 0. The maximum absolute atomic E-state index is 10.7. The second-order valence-corrected chi connectivity index (χ2v) is 4.97. The van der Waals surface area contributed by atoms with Gasteiger partial charge in [-0.2, -0.15) is 0 Å². The smallest absolute Gasteiger partial charge is 0.218 e. The number of halogens is 3. The van der Waals surface area contributed by atoms with Gasteiger partial charge in [-0.05, 0) is 19.1 Å². The van der Waals surface area contributed by atoms with Gasteiger partial charge in [0.25, 0.3) is 0 Å². The van der Waals surface area contributed by atoms with Crippen molar-refractivity contribution in [1.82, 2.24) is 5.32 Å². The van der Waals surface area contributed by atoms with Gasteiger partial charge in [-0.25, -0.2) is 0 Å². The average molecular weight is 296 g/mol. The number of hydrogen-bond donors (Lipinski definition) is 2. The van der Waals surface area contributed by atoms with E-state index in [0.29, 0.717) is 21.6 Å². The van der Waals surface area contributed by atoms with E-state index in [9.17, 15) is 4.79 Å². The molecule has 0 radical (unpaired) electrons. The van der Waals surface area contributed by atoms with E-state index < -0.39 is 0 Å². The number of hydrogen-bond acceptors (Lipinski definition) is 2. The summed E-state index contributed by atoms with van der Waals surface area (Å²) in [5, 5.41) is 4.53. The van der Waals surface area contributed by atoms with Crippen LogP contribution in [-0.2, 0) is 11.3 Å². The molecule has 17 heavy (non-hydrogen) atoms. The Morgan fingerprint density at radius 3 is 2.53 bits per heavy atom. The Labute approximate surface area is 115 Å². The zero-order valence-corrected chi connectivity index (χ0v) is 11.5. The van der Waals surface area contributed by atoms with Crippen LogP contribution in [0.2, 0.25) is 15.1 Å². The molecule has 3 nitrogen and oxygen atoms in total. The molecule has 0 saturated carbocycles. The molecule has 1 unspecified atom stereocenters. The highest BCUT2D eigenvalue weighted by atomic mass is 35.5. The molecule has 1 atom stereocenters. The standard InChI is InChI=1S/C11H13Cl3N2O/c1-6(4-10(15)17)16-5-7-8(12)2-3-9(13)11(7)14/h2-3,6,16H,4-5H2,1H3,(H2,15,17). The first-order chi connectivity index (χ1) is 7.91. The maximum Gasteiger partial charge on any atom is 0.218 e. The molecule has 0 aromatic heterocycles. The monoisotopic (exact) mass is 294 g/mol. The van der Waals surface area contributed by atoms with Crippen LogP contribution in [0.4, 0.5) is 0 Å². The summed E-state index contributed by atoms with van der Waals surface area (Å²) in [5.41, 5.74) is 5.81. The number of benzene rings is 1.